The zero-order valence-electron chi connectivity index (χ0n) is 20.9. The second kappa shape index (κ2) is 17.4. The van der Waals surface area contributed by atoms with E-state index in [9.17, 15) is 8.78 Å². The first-order chi connectivity index (χ1) is 18.0. The predicted octanol–water partition coefficient (Wildman–Crippen LogP) is 8.59. The van der Waals surface area contributed by atoms with E-state index in [1.54, 1.807) is 48.5 Å². The summed E-state index contributed by atoms with van der Waals surface area (Å²) in [5.74, 6) is 0.458. The molecule has 4 aromatic rings. The molecule has 0 aliphatic heterocycles. The number of ether oxygens (including phenoxy) is 2. The van der Waals surface area contributed by atoms with Gasteiger partial charge in [-0.15, -0.1) is 0 Å². The lowest BCUT2D eigenvalue weighted by atomic mass is 9.79. The fourth-order valence-corrected chi connectivity index (χ4v) is 4.95. The molecule has 0 aliphatic rings. The van der Waals surface area contributed by atoms with Crippen molar-refractivity contribution in [3.8, 4) is 22.6 Å². The van der Waals surface area contributed by atoms with Crippen molar-refractivity contribution in [2.75, 3.05) is 14.2 Å². The molecule has 12 heteroatoms. The highest BCUT2D eigenvalue weighted by molar-refractivity contribution is 14.1. The molecule has 0 bridgehead atoms. The predicted molar refractivity (Wildman–Crippen MR) is 172 cm³/mol. The van der Waals surface area contributed by atoms with Crippen LogP contribution in [0.2, 0.25) is 10.0 Å². The number of hydrogen-bond acceptors (Lipinski definition) is 4. The first-order valence-corrected chi connectivity index (χ1v) is 14.0. The molecule has 0 fully saturated rings. The van der Waals surface area contributed by atoms with E-state index < -0.39 is 7.12 Å². The van der Waals surface area contributed by atoms with Gasteiger partial charge in [-0.25, -0.2) is 8.78 Å². The smallest absolute Gasteiger partial charge is 0.492 e. The Morgan fingerprint density at radius 2 is 1.23 bits per heavy atom. The van der Waals surface area contributed by atoms with Gasteiger partial charge in [0.15, 0.2) is 0 Å². The van der Waals surface area contributed by atoms with Crippen molar-refractivity contribution in [1.29, 1.82) is 0 Å². The fourth-order valence-electron chi connectivity index (χ4n) is 2.96. The van der Waals surface area contributed by atoms with Crippen LogP contribution in [0, 0.1) is 22.6 Å². The summed E-state index contributed by atoms with van der Waals surface area (Å²) in [6, 6.07) is 19.3. The number of rotatable bonds is 4. The molecule has 0 spiro atoms. The van der Waals surface area contributed by atoms with Crippen LogP contribution in [0.25, 0.3) is 11.1 Å². The third-order valence-corrected chi connectivity index (χ3v) is 7.02. The molecular formula is C27H23BBr2Cl2F2IO4-. The number of methoxy groups -OCH3 is 2. The first-order valence-electron chi connectivity index (χ1n) is 10.6. The third kappa shape index (κ3) is 11.2. The van der Waals surface area contributed by atoms with Gasteiger partial charge in [-0.1, -0.05) is 61.1 Å². The minimum absolute atomic E-state index is 0. The second-order valence-electron chi connectivity index (χ2n) is 7.29. The van der Waals surface area contributed by atoms with Crippen LogP contribution in [0.1, 0.15) is 0 Å². The van der Waals surface area contributed by atoms with Gasteiger partial charge in [0.1, 0.15) is 23.1 Å². The number of halogens is 7. The molecule has 208 valence electrons. The van der Waals surface area contributed by atoms with Gasteiger partial charge in [0.2, 0.25) is 0 Å². The molecule has 0 aliphatic carbocycles. The quantitative estimate of drug-likeness (QED) is 0.0939. The lowest BCUT2D eigenvalue weighted by Gasteiger charge is -2.10. The zero-order valence-corrected chi connectivity index (χ0v) is 27.7. The Kier molecular flexibility index (Phi) is 15.9. The average molecular weight is 818 g/mol. The van der Waals surface area contributed by atoms with E-state index in [2.05, 4.69) is 31.9 Å². The standard InChI is InChI=1S/C13H9BrClFO.C7H8BClO3.C6H3BrFI.CH3/c1-17-13-7-9(15)3-4-10(13)11-6-8(14)2-5-12(11)16;1-12-7-4-5(9)2-3-6(7)8(10)11;7-4-1-2-5(8)6(9)3-4;/h2-7H,1H3;2-4,10-11H,1H3;1-3H;1H3/q;;;-1. The van der Waals surface area contributed by atoms with Crippen LogP contribution in [0.5, 0.6) is 11.5 Å². The molecule has 0 saturated carbocycles. The second-order valence-corrected chi connectivity index (χ2v) is 11.2. The van der Waals surface area contributed by atoms with E-state index in [1.807, 2.05) is 22.6 Å². The summed E-state index contributed by atoms with van der Waals surface area (Å²) >= 11 is 20.0. The van der Waals surface area contributed by atoms with Crippen LogP contribution < -0.4 is 14.9 Å². The summed E-state index contributed by atoms with van der Waals surface area (Å²) in [4.78, 5) is 0. The number of hydrogen-bond donors (Lipinski definition) is 2. The summed E-state index contributed by atoms with van der Waals surface area (Å²) in [5.41, 5.74) is 1.46. The van der Waals surface area contributed by atoms with Gasteiger partial charge in [0.25, 0.3) is 0 Å². The Bertz CT molecular complexity index is 1380. The molecule has 0 radical (unpaired) electrons. The average Bonchev–Trinajstić information content (AvgIpc) is 2.88. The maximum absolute atomic E-state index is 13.8. The van der Waals surface area contributed by atoms with Crippen molar-refractivity contribution in [2.24, 2.45) is 0 Å². The van der Waals surface area contributed by atoms with E-state index >= 15 is 0 Å². The fraction of sp³-hybridized carbons (Fsp3) is 0.0741. The highest BCUT2D eigenvalue weighted by Crippen LogP contribution is 2.35. The zero-order chi connectivity index (χ0) is 28.4. The van der Waals surface area contributed by atoms with Crippen LogP contribution in [0.4, 0.5) is 8.78 Å². The molecule has 0 saturated heterocycles. The Hall–Kier alpha value is -1.41. The lowest BCUT2D eigenvalue weighted by Crippen LogP contribution is -2.30. The third-order valence-electron chi connectivity index (χ3n) is 4.74. The topological polar surface area (TPSA) is 58.9 Å². The molecule has 4 nitrogen and oxygen atoms in total. The van der Waals surface area contributed by atoms with Crippen LogP contribution in [-0.4, -0.2) is 31.4 Å². The molecule has 0 aromatic heterocycles. The van der Waals surface area contributed by atoms with Crippen molar-refractivity contribution >= 4 is 90.2 Å². The highest BCUT2D eigenvalue weighted by Gasteiger charge is 2.16. The van der Waals surface area contributed by atoms with Crippen molar-refractivity contribution in [3.63, 3.8) is 0 Å². The van der Waals surface area contributed by atoms with Gasteiger partial charge >= 0.3 is 7.12 Å². The van der Waals surface area contributed by atoms with Crippen molar-refractivity contribution in [3.05, 3.63) is 114 Å². The van der Waals surface area contributed by atoms with E-state index in [1.165, 1.54) is 38.5 Å². The van der Waals surface area contributed by atoms with Crippen molar-refractivity contribution in [1.82, 2.24) is 0 Å². The van der Waals surface area contributed by atoms with Gasteiger partial charge in [-0.3, -0.25) is 0 Å². The van der Waals surface area contributed by atoms with E-state index in [4.69, 9.17) is 42.7 Å². The molecular weight excluding hydrogens is 795 g/mol. The Balaban J connectivity index is 0.000000305. The summed E-state index contributed by atoms with van der Waals surface area (Å²) in [7, 11) is 1.44. The van der Waals surface area contributed by atoms with E-state index in [0.29, 0.717) is 41.7 Å². The molecule has 39 heavy (non-hydrogen) atoms. The molecule has 0 heterocycles. The van der Waals surface area contributed by atoms with E-state index in [0.717, 1.165) is 8.95 Å². The van der Waals surface area contributed by atoms with Gasteiger partial charge in [0.05, 0.1) is 14.2 Å². The van der Waals surface area contributed by atoms with Crippen LogP contribution in [0.15, 0.2) is 81.7 Å². The van der Waals surface area contributed by atoms with Crippen molar-refractivity contribution < 1.29 is 28.3 Å². The van der Waals surface area contributed by atoms with Crippen LogP contribution in [0.3, 0.4) is 0 Å². The van der Waals surface area contributed by atoms with Gasteiger partial charge < -0.3 is 26.9 Å². The minimum Gasteiger partial charge on any atom is -0.497 e. The molecule has 0 atom stereocenters. The molecule has 0 amide bonds. The Labute approximate surface area is 267 Å². The Morgan fingerprint density at radius 1 is 0.718 bits per heavy atom. The maximum atomic E-state index is 13.8. The molecule has 4 rings (SSSR count). The normalized spacial score (nSPS) is 9.72. The Morgan fingerprint density at radius 3 is 1.74 bits per heavy atom. The maximum Gasteiger partial charge on any atom is 0.492 e. The van der Waals surface area contributed by atoms with E-state index in [-0.39, 0.29) is 19.1 Å². The van der Waals surface area contributed by atoms with Crippen LogP contribution >= 0.6 is 77.7 Å². The number of benzene rings is 4. The van der Waals surface area contributed by atoms with Gasteiger partial charge in [-0.05, 0) is 89.3 Å². The largest absolute Gasteiger partial charge is 0.497 e. The lowest BCUT2D eigenvalue weighted by molar-refractivity contribution is 0.403. The summed E-state index contributed by atoms with van der Waals surface area (Å²) < 4.78 is 38.7. The minimum atomic E-state index is -1.53. The summed E-state index contributed by atoms with van der Waals surface area (Å²) in [5, 5.41) is 18.8. The highest BCUT2D eigenvalue weighted by atomic mass is 127. The van der Waals surface area contributed by atoms with Gasteiger partial charge in [0, 0.05) is 39.2 Å². The molecule has 2 N–H and O–H groups in total. The molecule has 4 aromatic carbocycles. The SMILES string of the molecule is COc1cc(Cl)ccc1-c1cc(Br)ccc1F.COc1cc(Cl)ccc1B(O)O.Fc1ccc(Br)cc1I.[CH3-]. The monoisotopic (exact) mass is 815 g/mol. The first kappa shape index (κ1) is 35.6. The summed E-state index contributed by atoms with van der Waals surface area (Å²) in [6.45, 7) is 0. The molecule has 0 unspecified atom stereocenters. The summed E-state index contributed by atoms with van der Waals surface area (Å²) in [6.07, 6.45) is 0. The van der Waals surface area contributed by atoms with Crippen LogP contribution in [-0.2, 0) is 0 Å². The van der Waals surface area contributed by atoms with Gasteiger partial charge in [-0.2, -0.15) is 0 Å². The van der Waals surface area contributed by atoms with Crippen molar-refractivity contribution in [2.45, 2.75) is 0 Å².